The summed E-state index contributed by atoms with van der Waals surface area (Å²) < 4.78 is 0. The van der Waals surface area contributed by atoms with Crippen LogP contribution in [0.25, 0.3) is 0 Å². The molecule has 1 aromatic rings. The number of hydrogen-bond acceptors (Lipinski definition) is 3. The molecule has 2 rings (SSSR count). The second kappa shape index (κ2) is 5.15. The Balaban J connectivity index is 2.17. The molecule has 0 bridgehead atoms. The highest BCUT2D eigenvalue weighted by atomic mass is 16.4. The van der Waals surface area contributed by atoms with Gasteiger partial charge in [0.1, 0.15) is 6.04 Å². The van der Waals surface area contributed by atoms with Gasteiger partial charge in [0.2, 0.25) is 0 Å². The largest absolute Gasteiger partial charge is 0.480 e. The number of fused-ring (bicyclic) bond motifs is 1. The van der Waals surface area contributed by atoms with Crippen LogP contribution in [0.3, 0.4) is 0 Å². The van der Waals surface area contributed by atoms with Crippen molar-refractivity contribution in [2.75, 3.05) is 11.9 Å². The molecule has 0 radical (unpaired) electrons. The Bertz CT molecular complexity index is 547. The van der Waals surface area contributed by atoms with E-state index in [4.69, 9.17) is 0 Å². The lowest BCUT2D eigenvalue weighted by molar-refractivity contribution is -0.142. The molecular weight excluding hydrogens is 256 g/mol. The first kappa shape index (κ1) is 14.4. The van der Waals surface area contributed by atoms with E-state index in [9.17, 15) is 14.7 Å². The Morgan fingerprint density at radius 3 is 2.65 bits per heavy atom. The third kappa shape index (κ3) is 2.92. The first-order valence-corrected chi connectivity index (χ1v) is 6.69. The minimum atomic E-state index is -1.02. The average Bonchev–Trinajstić information content (AvgIpc) is 2.80. The lowest BCUT2D eigenvalue weighted by Gasteiger charge is -2.27. The molecule has 1 aromatic carbocycles. The fraction of sp³-hybridized carbons (Fsp3) is 0.467. The quantitative estimate of drug-likeness (QED) is 0.787. The lowest BCUT2D eigenvalue weighted by atomic mass is 9.86. The number of rotatable bonds is 3. The van der Waals surface area contributed by atoms with E-state index in [2.05, 4.69) is 10.6 Å². The number of anilines is 1. The Labute approximate surface area is 118 Å². The normalized spacial score (nSPS) is 15.2. The summed E-state index contributed by atoms with van der Waals surface area (Å²) in [5, 5.41) is 15.1. The summed E-state index contributed by atoms with van der Waals surface area (Å²) in [7, 11) is 0. The van der Waals surface area contributed by atoms with Crippen LogP contribution in [0.4, 0.5) is 5.69 Å². The van der Waals surface area contributed by atoms with Crippen LogP contribution in [0.1, 0.15) is 36.7 Å². The molecule has 0 saturated heterocycles. The lowest BCUT2D eigenvalue weighted by Crippen LogP contribution is -2.49. The molecule has 1 atom stereocenters. The molecule has 1 aliphatic rings. The summed E-state index contributed by atoms with van der Waals surface area (Å²) in [6.07, 6.45) is 0.887. The van der Waals surface area contributed by atoms with Crippen LogP contribution in [0.15, 0.2) is 18.2 Å². The van der Waals surface area contributed by atoms with Gasteiger partial charge in [-0.15, -0.1) is 0 Å². The molecule has 0 aliphatic carbocycles. The first-order chi connectivity index (χ1) is 9.29. The zero-order chi connectivity index (χ0) is 14.9. The van der Waals surface area contributed by atoms with Crippen LogP contribution < -0.4 is 10.6 Å². The van der Waals surface area contributed by atoms with Crippen molar-refractivity contribution < 1.29 is 14.7 Å². The van der Waals surface area contributed by atoms with Gasteiger partial charge >= 0.3 is 5.97 Å². The molecule has 20 heavy (non-hydrogen) atoms. The van der Waals surface area contributed by atoms with Crippen molar-refractivity contribution in [3.63, 3.8) is 0 Å². The predicted molar refractivity (Wildman–Crippen MR) is 77.0 cm³/mol. The van der Waals surface area contributed by atoms with E-state index in [0.717, 1.165) is 24.2 Å². The predicted octanol–water partition coefficient (Wildman–Crippen LogP) is 1.88. The minimum Gasteiger partial charge on any atom is -0.480 e. The smallest absolute Gasteiger partial charge is 0.326 e. The SMILES string of the molecule is CC(C)(C)C(NC(=O)c1ccc2c(c1)CCN2)C(=O)O. The fourth-order valence-electron chi connectivity index (χ4n) is 2.31. The highest BCUT2D eigenvalue weighted by molar-refractivity contribution is 5.97. The van der Waals surface area contributed by atoms with Gasteiger partial charge in [-0.3, -0.25) is 4.79 Å². The van der Waals surface area contributed by atoms with E-state index in [1.54, 1.807) is 26.8 Å². The van der Waals surface area contributed by atoms with Gasteiger partial charge in [0.25, 0.3) is 5.91 Å². The van der Waals surface area contributed by atoms with Crippen molar-refractivity contribution in [1.29, 1.82) is 0 Å². The highest BCUT2D eigenvalue weighted by Gasteiger charge is 2.32. The number of carboxylic acid groups (broad SMARTS) is 1. The van der Waals surface area contributed by atoms with Crippen LogP contribution in [-0.2, 0) is 11.2 Å². The summed E-state index contributed by atoms with van der Waals surface area (Å²) in [6.45, 7) is 6.25. The molecular formula is C15H20N2O3. The highest BCUT2D eigenvalue weighted by Crippen LogP contribution is 2.24. The summed E-state index contributed by atoms with van der Waals surface area (Å²) in [5.74, 6) is -1.37. The molecule has 1 aliphatic heterocycles. The van der Waals surface area contributed by atoms with Gasteiger partial charge < -0.3 is 15.7 Å². The van der Waals surface area contributed by atoms with Gasteiger partial charge in [0, 0.05) is 17.8 Å². The van der Waals surface area contributed by atoms with E-state index >= 15 is 0 Å². The van der Waals surface area contributed by atoms with Crippen molar-refractivity contribution in [1.82, 2.24) is 5.32 Å². The Kier molecular flexibility index (Phi) is 3.70. The molecule has 0 aromatic heterocycles. The molecule has 5 nitrogen and oxygen atoms in total. The van der Waals surface area contributed by atoms with Crippen molar-refractivity contribution in [3.05, 3.63) is 29.3 Å². The van der Waals surface area contributed by atoms with Crippen LogP contribution in [0, 0.1) is 5.41 Å². The fourth-order valence-corrected chi connectivity index (χ4v) is 2.31. The second-order valence-electron chi connectivity index (χ2n) is 6.16. The molecule has 0 fully saturated rings. The Hall–Kier alpha value is -2.04. The van der Waals surface area contributed by atoms with Gasteiger partial charge in [-0.05, 0) is 35.6 Å². The third-order valence-corrected chi connectivity index (χ3v) is 3.47. The molecule has 3 N–H and O–H groups in total. The minimum absolute atomic E-state index is 0.345. The zero-order valence-corrected chi connectivity index (χ0v) is 12.0. The maximum Gasteiger partial charge on any atom is 0.326 e. The number of aliphatic carboxylic acids is 1. The van der Waals surface area contributed by atoms with Crippen LogP contribution in [0.2, 0.25) is 0 Å². The molecule has 0 spiro atoms. The van der Waals surface area contributed by atoms with Crippen LogP contribution >= 0.6 is 0 Å². The standard InChI is InChI=1S/C15H20N2O3/c1-15(2,3)12(14(19)20)17-13(18)10-4-5-11-9(8-10)6-7-16-11/h4-5,8,12,16H,6-7H2,1-3H3,(H,17,18)(H,19,20). The van der Waals surface area contributed by atoms with E-state index in [1.807, 2.05) is 12.1 Å². The van der Waals surface area contributed by atoms with Gasteiger partial charge in [-0.1, -0.05) is 20.8 Å². The Morgan fingerprint density at radius 1 is 1.35 bits per heavy atom. The van der Waals surface area contributed by atoms with Crippen LogP contribution in [-0.4, -0.2) is 29.6 Å². The number of carbonyl (C=O) groups excluding carboxylic acids is 1. The number of carbonyl (C=O) groups is 2. The molecule has 5 heteroatoms. The van der Waals surface area contributed by atoms with Gasteiger partial charge in [0.05, 0.1) is 0 Å². The number of carboxylic acids is 1. The van der Waals surface area contributed by atoms with E-state index in [1.165, 1.54) is 0 Å². The van der Waals surface area contributed by atoms with E-state index < -0.39 is 17.4 Å². The topological polar surface area (TPSA) is 78.4 Å². The van der Waals surface area contributed by atoms with Crippen LogP contribution in [0.5, 0.6) is 0 Å². The van der Waals surface area contributed by atoms with Crippen molar-refractivity contribution in [2.24, 2.45) is 5.41 Å². The molecule has 0 saturated carbocycles. The Morgan fingerprint density at radius 2 is 2.05 bits per heavy atom. The second-order valence-corrected chi connectivity index (χ2v) is 6.16. The summed E-state index contributed by atoms with van der Waals surface area (Å²) in [4.78, 5) is 23.5. The zero-order valence-electron chi connectivity index (χ0n) is 12.0. The summed E-state index contributed by atoms with van der Waals surface area (Å²) >= 11 is 0. The number of amides is 1. The average molecular weight is 276 g/mol. The number of benzene rings is 1. The number of nitrogens with one attached hydrogen (secondary N) is 2. The van der Waals surface area contributed by atoms with Crippen molar-refractivity contribution in [2.45, 2.75) is 33.2 Å². The van der Waals surface area contributed by atoms with Gasteiger partial charge in [0.15, 0.2) is 0 Å². The monoisotopic (exact) mass is 276 g/mol. The molecule has 1 heterocycles. The summed E-state index contributed by atoms with van der Waals surface area (Å²) in [6, 6.07) is 4.49. The summed E-state index contributed by atoms with van der Waals surface area (Å²) in [5.41, 5.74) is 2.11. The first-order valence-electron chi connectivity index (χ1n) is 6.69. The van der Waals surface area contributed by atoms with Crippen molar-refractivity contribution in [3.8, 4) is 0 Å². The number of hydrogen-bond donors (Lipinski definition) is 3. The molecule has 108 valence electrons. The third-order valence-electron chi connectivity index (χ3n) is 3.47. The molecule has 1 amide bonds. The maximum absolute atomic E-state index is 12.2. The van der Waals surface area contributed by atoms with E-state index in [0.29, 0.717) is 5.56 Å². The molecule has 1 unspecified atom stereocenters. The van der Waals surface area contributed by atoms with Crippen molar-refractivity contribution >= 4 is 17.6 Å². The van der Waals surface area contributed by atoms with Gasteiger partial charge in [-0.2, -0.15) is 0 Å². The van der Waals surface area contributed by atoms with E-state index in [-0.39, 0.29) is 5.91 Å². The van der Waals surface area contributed by atoms with Gasteiger partial charge in [-0.25, -0.2) is 4.79 Å². The maximum atomic E-state index is 12.2.